The number of aromatic nitrogens is 1. The molecular formula is C26H19N3O7S. The molecule has 2 aromatic heterocycles. The van der Waals surface area contributed by atoms with Crippen molar-refractivity contribution < 1.29 is 28.5 Å². The molecule has 11 heteroatoms. The zero-order valence-corrected chi connectivity index (χ0v) is 20.3. The van der Waals surface area contributed by atoms with Gasteiger partial charge < -0.3 is 13.7 Å². The minimum Gasteiger partial charge on any atom is -0.463 e. The summed E-state index contributed by atoms with van der Waals surface area (Å²) in [6.07, 6.45) is 3.57. The number of methoxy groups -OCH3 is 1. The third-order valence-corrected chi connectivity index (χ3v) is 6.75. The number of non-ortho nitro benzene ring substituents is 1. The van der Waals surface area contributed by atoms with Crippen LogP contribution < -0.4 is 0 Å². The number of hydrogen-bond acceptors (Lipinski definition) is 8. The standard InChI is InChI=1S/C26H19N3O7S/c1-35-25(31)22-11-10-19(36-22)15-28-24(30)23(37-26(28)32)12-17-14-27(21-5-3-2-4-20(17)21)13-16-6-8-18(9-7-16)29(33)34/h2-12,14H,13,15H2,1H3/b23-12+. The van der Waals surface area contributed by atoms with Crippen molar-refractivity contribution in [1.29, 1.82) is 0 Å². The quantitative estimate of drug-likeness (QED) is 0.142. The third kappa shape index (κ3) is 4.76. The number of amides is 2. The van der Waals surface area contributed by atoms with Crippen LogP contribution in [0.1, 0.15) is 27.4 Å². The summed E-state index contributed by atoms with van der Waals surface area (Å²) in [7, 11) is 1.23. The van der Waals surface area contributed by atoms with E-state index in [1.54, 1.807) is 18.2 Å². The molecule has 5 rings (SSSR count). The molecule has 0 N–H and O–H groups in total. The number of thioether (sulfide) groups is 1. The summed E-state index contributed by atoms with van der Waals surface area (Å²) in [5, 5.41) is 11.4. The van der Waals surface area contributed by atoms with Gasteiger partial charge in [-0.15, -0.1) is 0 Å². The number of rotatable bonds is 7. The minimum atomic E-state index is -0.648. The molecule has 0 radical (unpaired) electrons. The highest BCUT2D eigenvalue weighted by molar-refractivity contribution is 8.18. The molecule has 0 aliphatic carbocycles. The second-order valence-electron chi connectivity index (χ2n) is 8.18. The first-order chi connectivity index (χ1) is 17.8. The molecule has 1 aliphatic rings. The molecule has 4 aromatic rings. The van der Waals surface area contributed by atoms with Crippen LogP contribution in [-0.2, 0) is 22.6 Å². The number of hydrogen-bond donors (Lipinski definition) is 0. The molecule has 37 heavy (non-hydrogen) atoms. The topological polar surface area (TPSA) is 125 Å². The fraction of sp³-hybridized carbons (Fsp3) is 0.115. The van der Waals surface area contributed by atoms with Crippen molar-refractivity contribution in [2.75, 3.05) is 7.11 Å². The summed E-state index contributed by atoms with van der Waals surface area (Å²) in [4.78, 5) is 49.1. The second kappa shape index (κ2) is 9.78. The van der Waals surface area contributed by atoms with Crippen LogP contribution in [0.4, 0.5) is 10.5 Å². The molecule has 0 unspecified atom stereocenters. The molecule has 186 valence electrons. The lowest BCUT2D eigenvalue weighted by molar-refractivity contribution is -0.384. The van der Waals surface area contributed by atoms with Crippen molar-refractivity contribution in [3.63, 3.8) is 0 Å². The maximum atomic E-state index is 13.1. The van der Waals surface area contributed by atoms with Crippen molar-refractivity contribution in [1.82, 2.24) is 9.47 Å². The van der Waals surface area contributed by atoms with Gasteiger partial charge in [0.2, 0.25) is 5.76 Å². The summed E-state index contributed by atoms with van der Waals surface area (Å²) < 4.78 is 12.0. The Kier molecular flexibility index (Phi) is 6.36. The Morgan fingerprint density at radius 3 is 2.57 bits per heavy atom. The van der Waals surface area contributed by atoms with Gasteiger partial charge in [0, 0.05) is 41.3 Å². The van der Waals surface area contributed by atoms with Gasteiger partial charge in [0.1, 0.15) is 5.76 Å². The van der Waals surface area contributed by atoms with E-state index in [4.69, 9.17) is 4.42 Å². The number of esters is 1. The Hall–Kier alpha value is -4.64. The lowest BCUT2D eigenvalue weighted by atomic mass is 10.1. The minimum absolute atomic E-state index is 0.0131. The zero-order chi connectivity index (χ0) is 26.1. The van der Waals surface area contributed by atoms with Crippen LogP contribution in [-0.4, -0.2) is 38.6 Å². The van der Waals surface area contributed by atoms with Gasteiger partial charge in [0.05, 0.1) is 23.5 Å². The van der Waals surface area contributed by atoms with Crippen LogP contribution in [0.15, 0.2) is 76.2 Å². The van der Waals surface area contributed by atoms with E-state index in [0.717, 1.165) is 38.7 Å². The molecule has 10 nitrogen and oxygen atoms in total. The largest absolute Gasteiger partial charge is 0.463 e. The van der Waals surface area contributed by atoms with Crippen LogP contribution in [0, 0.1) is 10.1 Å². The molecule has 1 fully saturated rings. The number of fused-ring (bicyclic) bond motifs is 1. The highest BCUT2D eigenvalue weighted by Gasteiger charge is 2.36. The first kappa shape index (κ1) is 24.1. The molecule has 0 spiro atoms. The number of benzene rings is 2. The molecule has 0 saturated carbocycles. The average molecular weight is 518 g/mol. The van der Waals surface area contributed by atoms with Crippen LogP contribution in [0.5, 0.6) is 0 Å². The van der Waals surface area contributed by atoms with Crippen molar-refractivity contribution >= 4 is 51.5 Å². The first-order valence-corrected chi connectivity index (χ1v) is 11.9. The number of nitrogens with zero attached hydrogens (tertiary/aromatic N) is 3. The first-order valence-electron chi connectivity index (χ1n) is 11.1. The van der Waals surface area contributed by atoms with Crippen molar-refractivity contribution in [3.05, 3.63) is 105 Å². The molecular weight excluding hydrogens is 498 g/mol. The number of nitro benzene ring substituents is 1. The fourth-order valence-corrected chi connectivity index (χ4v) is 4.88. The molecule has 3 heterocycles. The van der Waals surface area contributed by atoms with E-state index in [-0.39, 0.29) is 28.7 Å². The van der Waals surface area contributed by atoms with Crippen LogP contribution in [0.25, 0.3) is 17.0 Å². The summed E-state index contributed by atoms with van der Waals surface area (Å²) in [6.45, 7) is 0.357. The molecule has 0 atom stereocenters. The number of furan rings is 1. The van der Waals surface area contributed by atoms with Gasteiger partial charge in [-0.3, -0.25) is 24.6 Å². The van der Waals surface area contributed by atoms with Crippen LogP contribution in [0.3, 0.4) is 0 Å². The van der Waals surface area contributed by atoms with E-state index in [1.807, 2.05) is 35.0 Å². The molecule has 1 aliphatic heterocycles. The maximum Gasteiger partial charge on any atom is 0.373 e. The maximum absolute atomic E-state index is 13.1. The average Bonchev–Trinajstić information content (AvgIpc) is 3.58. The smallest absolute Gasteiger partial charge is 0.373 e. The Bertz CT molecular complexity index is 1580. The van der Waals surface area contributed by atoms with Gasteiger partial charge in [0.15, 0.2) is 0 Å². The molecule has 0 bridgehead atoms. The van der Waals surface area contributed by atoms with E-state index < -0.39 is 22.0 Å². The van der Waals surface area contributed by atoms with E-state index in [1.165, 1.54) is 31.4 Å². The summed E-state index contributed by atoms with van der Waals surface area (Å²) >= 11 is 0.832. The number of carbonyl (C=O) groups is 3. The SMILES string of the molecule is COC(=O)c1ccc(CN2C(=O)S/C(=C/c3cn(Cc4ccc([N+](=O)[O-])cc4)c4ccccc34)C2=O)o1. The Morgan fingerprint density at radius 1 is 1.08 bits per heavy atom. The number of carbonyl (C=O) groups excluding carboxylic acids is 3. The Labute approximate surface area is 214 Å². The second-order valence-corrected chi connectivity index (χ2v) is 9.17. The van der Waals surface area contributed by atoms with E-state index in [2.05, 4.69) is 4.74 Å². The van der Waals surface area contributed by atoms with Crippen LogP contribution >= 0.6 is 11.8 Å². The van der Waals surface area contributed by atoms with Gasteiger partial charge in [-0.2, -0.15) is 0 Å². The van der Waals surface area contributed by atoms with E-state index in [0.29, 0.717) is 6.54 Å². The van der Waals surface area contributed by atoms with Gasteiger partial charge >= 0.3 is 5.97 Å². The Morgan fingerprint density at radius 2 is 1.84 bits per heavy atom. The highest BCUT2D eigenvalue weighted by Crippen LogP contribution is 2.35. The number of ether oxygens (including phenoxy) is 1. The predicted octanol–water partition coefficient (Wildman–Crippen LogP) is 5.21. The van der Waals surface area contributed by atoms with Crippen LogP contribution in [0.2, 0.25) is 0 Å². The number of nitro groups is 1. The number of imide groups is 1. The summed E-state index contributed by atoms with van der Waals surface area (Å²) in [6, 6.07) is 16.9. The highest BCUT2D eigenvalue weighted by atomic mass is 32.2. The lowest BCUT2D eigenvalue weighted by Gasteiger charge is -2.09. The zero-order valence-electron chi connectivity index (χ0n) is 19.5. The van der Waals surface area contributed by atoms with E-state index >= 15 is 0 Å². The summed E-state index contributed by atoms with van der Waals surface area (Å²) in [5.74, 6) is -0.840. The third-order valence-electron chi connectivity index (χ3n) is 5.84. The summed E-state index contributed by atoms with van der Waals surface area (Å²) in [5.41, 5.74) is 2.57. The predicted molar refractivity (Wildman–Crippen MR) is 136 cm³/mol. The molecule has 1 saturated heterocycles. The monoisotopic (exact) mass is 517 g/mol. The van der Waals surface area contributed by atoms with Crippen molar-refractivity contribution in [3.8, 4) is 0 Å². The van der Waals surface area contributed by atoms with Gasteiger partial charge in [-0.05, 0) is 41.6 Å². The van der Waals surface area contributed by atoms with Gasteiger partial charge in [0.25, 0.3) is 16.8 Å². The Balaban J connectivity index is 1.40. The van der Waals surface area contributed by atoms with Crippen molar-refractivity contribution in [2.24, 2.45) is 0 Å². The van der Waals surface area contributed by atoms with Gasteiger partial charge in [-0.25, -0.2) is 4.79 Å². The molecule has 2 aromatic carbocycles. The van der Waals surface area contributed by atoms with Crippen molar-refractivity contribution in [2.45, 2.75) is 13.1 Å². The van der Waals surface area contributed by atoms with E-state index in [9.17, 15) is 24.5 Å². The van der Waals surface area contributed by atoms with Gasteiger partial charge in [-0.1, -0.05) is 30.3 Å². The normalized spacial score (nSPS) is 14.6. The fourth-order valence-electron chi connectivity index (χ4n) is 4.05. The molecule has 2 amide bonds. The number of para-hydroxylation sites is 1. The lowest BCUT2D eigenvalue weighted by Crippen LogP contribution is -2.27.